The molecule has 4 rings (SSSR count). The maximum absolute atomic E-state index is 12.8. The Bertz CT molecular complexity index is 1040. The molecule has 8 heteroatoms. The summed E-state index contributed by atoms with van der Waals surface area (Å²) in [6.07, 6.45) is 5.94. The molecule has 1 aromatic heterocycles. The van der Waals surface area contributed by atoms with Gasteiger partial charge in [-0.05, 0) is 57.6 Å². The van der Waals surface area contributed by atoms with Crippen LogP contribution >= 0.6 is 11.8 Å². The molecule has 0 spiro atoms. The highest BCUT2D eigenvalue weighted by Gasteiger charge is 2.24. The molecule has 164 valence electrons. The van der Waals surface area contributed by atoms with Gasteiger partial charge >= 0.3 is 5.69 Å². The fourth-order valence-corrected chi connectivity index (χ4v) is 5.07. The minimum absolute atomic E-state index is 0.0510. The van der Waals surface area contributed by atoms with E-state index in [9.17, 15) is 14.4 Å². The minimum Gasteiger partial charge on any atom is -0.376 e. The second kappa shape index (κ2) is 9.78. The molecular formula is C23H27N3O4S. The average molecular weight is 442 g/mol. The lowest BCUT2D eigenvalue weighted by Gasteiger charge is -2.24. The predicted octanol–water partition coefficient (Wildman–Crippen LogP) is 3.23. The molecule has 0 saturated carbocycles. The quantitative estimate of drug-likeness (QED) is 0.403. The van der Waals surface area contributed by atoms with Gasteiger partial charge in [0.05, 0.1) is 18.4 Å². The molecule has 31 heavy (non-hydrogen) atoms. The van der Waals surface area contributed by atoms with Crippen molar-refractivity contribution in [1.29, 1.82) is 0 Å². The molecule has 1 fully saturated rings. The summed E-state index contributed by atoms with van der Waals surface area (Å²) in [5, 5.41) is 3.49. The number of amides is 1. The summed E-state index contributed by atoms with van der Waals surface area (Å²) < 4.78 is 7.52. The van der Waals surface area contributed by atoms with Gasteiger partial charge in [-0.1, -0.05) is 23.9 Å². The third-order valence-electron chi connectivity index (χ3n) is 5.75. The highest BCUT2D eigenvalue weighted by atomic mass is 32.2. The number of carbonyl (C=O) groups is 2. The largest absolute Gasteiger partial charge is 0.376 e. The van der Waals surface area contributed by atoms with Crippen LogP contribution in [-0.4, -0.2) is 39.7 Å². The third-order valence-corrected chi connectivity index (χ3v) is 6.77. The molecule has 2 aliphatic rings. The van der Waals surface area contributed by atoms with E-state index in [2.05, 4.69) is 10.3 Å². The van der Waals surface area contributed by atoms with Crippen LogP contribution in [0.4, 0.5) is 5.69 Å². The molecule has 1 aromatic carbocycles. The highest BCUT2D eigenvalue weighted by molar-refractivity contribution is 8.00. The molecule has 7 nitrogen and oxygen atoms in total. The summed E-state index contributed by atoms with van der Waals surface area (Å²) >= 11 is 1.30. The Morgan fingerprint density at radius 1 is 1.26 bits per heavy atom. The van der Waals surface area contributed by atoms with Crippen LogP contribution in [0.2, 0.25) is 0 Å². The van der Waals surface area contributed by atoms with E-state index in [0.717, 1.165) is 56.4 Å². The molecular weight excluding hydrogens is 414 g/mol. The van der Waals surface area contributed by atoms with Crippen LogP contribution in [-0.2, 0) is 28.9 Å². The topological polar surface area (TPSA) is 90.3 Å². The molecule has 2 aromatic rings. The lowest BCUT2D eigenvalue weighted by molar-refractivity contribution is -0.113. The molecule has 1 aliphatic heterocycles. The predicted molar refractivity (Wildman–Crippen MR) is 120 cm³/mol. The third kappa shape index (κ3) is 5.25. The van der Waals surface area contributed by atoms with E-state index >= 15 is 0 Å². The first kappa shape index (κ1) is 21.8. The lowest BCUT2D eigenvalue weighted by Crippen LogP contribution is -2.34. The van der Waals surface area contributed by atoms with Crippen LogP contribution in [0, 0.1) is 0 Å². The van der Waals surface area contributed by atoms with Crippen LogP contribution in [0.1, 0.15) is 54.2 Å². The first-order valence-corrected chi connectivity index (χ1v) is 11.8. The zero-order chi connectivity index (χ0) is 21.8. The van der Waals surface area contributed by atoms with E-state index < -0.39 is 0 Å². The summed E-state index contributed by atoms with van der Waals surface area (Å²) in [5.74, 6) is -0.0932. The minimum atomic E-state index is -0.256. The van der Waals surface area contributed by atoms with E-state index in [1.165, 1.54) is 18.7 Å². The molecule has 1 aliphatic carbocycles. The Labute approximate surface area is 185 Å². The number of Topliss-reactive ketones (excluding diaryl/α,β-unsaturated/α-hetero) is 1. The Kier molecular flexibility index (Phi) is 6.87. The number of nitrogens with zero attached hydrogens (tertiary/aromatic N) is 2. The van der Waals surface area contributed by atoms with Crippen LogP contribution in [0.15, 0.2) is 34.1 Å². The van der Waals surface area contributed by atoms with Gasteiger partial charge in [0.15, 0.2) is 5.78 Å². The molecule has 1 amide bonds. The zero-order valence-corrected chi connectivity index (χ0v) is 18.5. The number of hydrogen-bond acceptors (Lipinski definition) is 6. The van der Waals surface area contributed by atoms with Crippen LogP contribution in [0.5, 0.6) is 0 Å². The van der Waals surface area contributed by atoms with E-state index in [0.29, 0.717) is 22.8 Å². The molecule has 1 saturated heterocycles. The highest BCUT2D eigenvalue weighted by Crippen LogP contribution is 2.29. The maximum Gasteiger partial charge on any atom is 0.348 e. The normalized spacial score (nSPS) is 17.9. The number of fused-ring (bicyclic) bond motifs is 1. The SMILES string of the molecule is CC(=O)c1cccc(NC(=O)CSc2nc(=O)n(CC3CCCO3)c3c2CCCC3)c1. The van der Waals surface area contributed by atoms with Crippen molar-refractivity contribution < 1.29 is 14.3 Å². The molecule has 1 atom stereocenters. The van der Waals surface area contributed by atoms with Crippen molar-refractivity contribution >= 4 is 29.1 Å². The summed E-state index contributed by atoms with van der Waals surface area (Å²) in [7, 11) is 0. The van der Waals surface area contributed by atoms with Gasteiger partial charge < -0.3 is 10.1 Å². The van der Waals surface area contributed by atoms with Crippen molar-refractivity contribution in [3.8, 4) is 0 Å². The monoisotopic (exact) mass is 441 g/mol. The summed E-state index contributed by atoms with van der Waals surface area (Å²) in [5.41, 5.74) is 3.03. The number of nitrogens with one attached hydrogen (secondary N) is 1. The first-order chi connectivity index (χ1) is 15.0. The van der Waals surface area contributed by atoms with Gasteiger partial charge in [-0.3, -0.25) is 14.2 Å². The molecule has 2 heterocycles. The smallest absolute Gasteiger partial charge is 0.348 e. The summed E-state index contributed by atoms with van der Waals surface area (Å²) in [6.45, 7) is 2.81. The fraction of sp³-hybridized carbons (Fsp3) is 0.478. The molecule has 0 bridgehead atoms. The van der Waals surface area contributed by atoms with Crippen LogP contribution in [0.25, 0.3) is 0 Å². The van der Waals surface area contributed by atoms with Crippen molar-refractivity contribution in [3.63, 3.8) is 0 Å². The van der Waals surface area contributed by atoms with Gasteiger partial charge in [-0.15, -0.1) is 0 Å². The number of benzene rings is 1. The molecule has 1 N–H and O–H groups in total. The average Bonchev–Trinajstić information content (AvgIpc) is 3.28. The number of carbonyl (C=O) groups excluding carboxylic acids is 2. The maximum atomic E-state index is 12.8. The van der Waals surface area contributed by atoms with Gasteiger partial charge in [0.1, 0.15) is 5.03 Å². The van der Waals surface area contributed by atoms with Crippen molar-refractivity contribution in [2.24, 2.45) is 0 Å². The van der Waals surface area contributed by atoms with E-state index in [4.69, 9.17) is 4.74 Å². The van der Waals surface area contributed by atoms with Crippen LogP contribution < -0.4 is 11.0 Å². The van der Waals surface area contributed by atoms with Crippen LogP contribution in [0.3, 0.4) is 0 Å². The van der Waals surface area contributed by atoms with Crippen molar-refractivity contribution in [3.05, 3.63) is 51.6 Å². The Morgan fingerprint density at radius 2 is 2.10 bits per heavy atom. The number of hydrogen-bond donors (Lipinski definition) is 1. The molecule has 0 radical (unpaired) electrons. The van der Waals surface area contributed by atoms with Gasteiger partial charge in [-0.2, -0.15) is 4.98 Å². The number of aromatic nitrogens is 2. The Balaban J connectivity index is 1.47. The standard InChI is InChI=1S/C23H27N3O4S/c1-15(27)16-6-4-7-17(12-16)24-21(28)14-31-22-19-9-2-3-10-20(19)26(23(29)25-22)13-18-8-5-11-30-18/h4,6-7,12,18H,2-3,5,8-11,13-14H2,1H3,(H,24,28). The van der Waals surface area contributed by atoms with E-state index in [1.54, 1.807) is 28.8 Å². The lowest BCUT2D eigenvalue weighted by atomic mass is 9.97. The number of ether oxygens (including phenoxy) is 1. The van der Waals surface area contributed by atoms with Gasteiger partial charge in [0, 0.05) is 29.1 Å². The Morgan fingerprint density at radius 3 is 2.87 bits per heavy atom. The number of ketones is 1. The van der Waals surface area contributed by atoms with Gasteiger partial charge in [-0.25, -0.2) is 4.79 Å². The number of thioether (sulfide) groups is 1. The Hall–Kier alpha value is -2.45. The van der Waals surface area contributed by atoms with E-state index in [1.807, 2.05) is 0 Å². The van der Waals surface area contributed by atoms with Crippen molar-refractivity contribution in [2.45, 2.75) is 63.1 Å². The van der Waals surface area contributed by atoms with Crippen molar-refractivity contribution in [2.75, 3.05) is 17.7 Å². The number of rotatable bonds is 7. The zero-order valence-electron chi connectivity index (χ0n) is 17.7. The van der Waals surface area contributed by atoms with Gasteiger partial charge in [0.25, 0.3) is 0 Å². The summed E-state index contributed by atoms with van der Waals surface area (Å²) in [4.78, 5) is 41.1. The van der Waals surface area contributed by atoms with Gasteiger partial charge in [0.2, 0.25) is 5.91 Å². The first-order valence-electron chi connectivity index (χ1n) is 10.8. The fourth-order valence-electron chi connectivity index (χ4n) is 4.19. The summed E-state index contributed by atoms with van der Waals surface area (Å²) in [6, 6.07) is 6.87. The second-order valence-electron chi connectivity index (χ2n) is 8.05. The van der Waals surface area contributed by atoms with E-state index in [-0.39, 0.29) is 29.2 Å². The molecule has 1 unspecified atom stereocenters. The second-order valence-corrected chi connectivity index (χ2v) is 9.02. The number of anilines is 1. The van der Waals surface area contributed by atoms with Crippen molar-refractivity contribution in [1.82, 2.24) is 9.55 Å².